The molecule has 0 radical (unpaired) electrons. The summed E-state index contributed by atoms with van der Waals surface area (Å²) in [4.78, 5) is 14.6. The fraction of sp³-hybridized carbons (Fsp3) is 0.267. The van der Waals surface area contributed by atoms with Crippen molar-refractivity contribution >= 4 is 22.9 Å². The van der Waals surface area contributed by atoms with Crippen molar-refractivity contribution in [3.63, 3.8) is 0 Å². The normalized spacial score (nSPS) is 10.4. The highest BCUT2D eigenvalue weighted by atomic mass is 32.1. The van der Waals surface area contributed by atoms with E-state index in [9.17, 15) is 9.18 Å². The minimum atomic E-state index is -0.436. The first-order valence-electron chi connectivity index (χ1n) is 6.51. The highest BCUT2D eigenvalue weighted by Crippen LogP contribution is 2.23. The van der Waals surface area contributed by atoms with Crippen LogP contribution in [0.3, 0.4) is 0 Å². The van der Waals surface area contributed by atoms with Crippen molar-refractivity contribution in [1.29, 1.82) is 0 Å². The lowest BCUT2D eigenvalue weighted by atomic mass is 10.2. The Labute approximate surface area is 126 Å². The van der Waals surface area contributed by atoms with Crippen molar-refractivity contribution in [1.82, 2.24) is 4.90 Å². The molecule has 2 rings (SSSR count). The molecule has 6 heteroatoms. The molecule has 1 amide bonds. The monoisotopic (exact) mass is 308 g/mol. The third-order valence-electron chi connectivity index (χ3n) is 3.15. The number of ether oxygens (including phenoxy) is 1. The number of amides is 1. The Morgan fingerprint density at radius 3 is 2.71 bits per heavy atom. The average Bonchev–Trinajstić information content (AvgIpc) is 2.90. The number of carbonyl (C=O) groups excluding carboxylic acids is 1. The zero-order valence-electron chi connectivity index (χ0n) is 11.9. The molecule has 0 aliphatic rings. The molecule has 0 unspecified atom stereocenters. The summed E-state index contributed by atoms with van der Waals surface area (Å²) in [5.74, 6) is -0.383. The number of hydrogen-bond donors (Lipinski definition) is 1. The van der Waals surface area contributed by atoms with Gasteiger partial charge in [-0.2, -0.15) is 0 Å². The molecule has 21 heavy (non-hydrogen) atoms. The Morgan fingerprint density at radius 1 is 1.43 bits per heavy atom. The summed E-state index contributed by atoms with van der Waals surface area (Å²) < 4.78 is 18.6. The molecule has 0 spiro atoms. The van der Waals surface area contributed by atoms with Gasteiger partial charge in [0.1, 0.15) is 4.88 Å². The number of nitrogen functional groups attached to an aromatic ring is 1. The number of rotatable bonds is 5. The molecule has 0 aliphatic carbocycles. The van der Waals surface area contributed by atoms with Gasteiger partial charge in [0, 0.05) is 13.1 Å². The summed E-state index contributed by atoms with van der Waals surface area (Å²) >= 11 is 1.31. The minimum absolute atomic E-state index is 0.138. The summed E-state index contributed by atoms with van der Waals surface area (Å²) in [6.45, 7) is 2.72. The van der Waals surface area contributed by atoms with Crippen molar-refractivity contribution in [2.24, 2.45) is 0 Å². The number of nitrogens with zero attached hydrogens (tertiary/aromatic N) is 1. The first-order valence-corrected chi connectivity index (χ1v) is 7.39. The molecule has 1 aromatic heterocycles. The van der Waals surface area contributed by atoms with Crippen molar-refractivity contribution in [3.05, 3.63) is 45.9 Å². The number of nitrogens with two attached hydrogens (primary N) is 1. The van der Waals surface area contributed by atoms with Crippen LogP contribution in [0.1, 0.15) is 22.2 Å². The number of hydrogen-bond acceptors (Lipinski definition) is 4. The molecule has 4 nitrogen and oxygen atoms in total. The zero-order chi connectivity index (χ0) is 15.4. The smallest absolute Gasteiger partial charge is 0.266 e. The van der Waals surface area contributed by atoms with Gasteiger partial charge in [0.25, 0.3) is 5.91 Å². The highest BCUT2D eigenvalue weighted by Gasteiger charge is 2.18. The minimum Gasteiger partial charge on any atom is -0.494 e. The molecule has 0 aliphatic heterocycles. The van der Waals surface area contributed by atoms with E-state index < -0.39 is 5.82 Å². The molecule has 112 valence electrons. The van der Waals surface area contributed by atoms with Crippen LogP contribution in [0.15, 0.2) is 29.6 Å². The van der Waals surface area contributed by atoms with Gasteiger partial charge < -0.3 is 15.4 Å². The summed E-state index contributed by atoms with van der Waals surface area (Å²) in [7, 11) is 1.42. The van der Waals surface area contributed by atoms with E-state index in [1.807, 2.05) is 6.92 Å². The van der Waals surface area contributed by atoms with Crippen LogP contribution in [0.25, 0.3) is 0 Å². The van der Waals surface area contributed by atoms with Gasteiger partial charge in [-0.05, 0) is 36.1 Å². The zero-order valence-corrected chi connectivity index (χ0v) is 12.7. The maximum absolute atomic E-state index is 13.7. The van der Waals surface area contributed by atoms with Gasteiger partial charge >= 0.3 is 0 Å². The summed E-state index contributed by atoms with van der Waals surface area (Å²) in [6, 6.07) is 6.39. The number of thiophene rings is 1. The second-order valence-corrected chi connectivity index (χ2v) is 5.41. The molecule has 1 aromatic carbocycles. The van der Waals surface area contributed by atoms with E-state index in [1.54, 1.807) is 28.5 Å². The van der Waals surface area contributed by atoms with E-state index >= 15 is 0 Å². The van der Waals surface area contributed by atoms with Crippen molar-refractivity contribution in [2.75, 3.05) is 19.4 Å². The summed E-state index contributed by atoms with van der Waals surface area (Å²) in [5, 5.41) is 1.78. The Morgan fingerprint density at radius 2 is 2.19 bits per heavy atom. The number of carbonyl (C=O) groups is 1. The highest BCUT2D eigenvalue weighted by molar-refractivity contribution is 7.12. The quantitative estimate of drug-likeness (QED) is 0.923. The van der Waals surface area contributed by atoms with Crippen LogP contribution >= 0.6 is 11.3 Å². The first kappa shape index (κ1) is 15.3. The first-order chi connectivity index (χ1) is 10.1. The van der Waals surface area contributed by atoms with Crippen LogP contribution in [0.2, 0.25) is 0 Å². The second kappa shape index (κ2) is 6.58. The Kier molecular flexibility index (Phi) is 4.80. The number of benzene rings is 1. The molecule has 0 atom stereocenters. The van der Waals surface area contributed by atoms with E-state index in [-0.39, 0.29) is 11.7 Å². The second-order valence-electron chi connectivity index (χ2n) is 4.49. The van der Waals surface area contributed by atoms with Crippen LogP contribution < -0.4 is 10.5 Å². The maximum atomic E-state index is 13.7. The Balaban J connectivity index is 2.18. The SMILES string of the molecule is CCN(Cc1ccc(OC)c(F)c1)C(=O)c1sccc1N. The summed E-state index contributed by atoms with van der Waals surface area (Å²) in [6.07, 6.45) is 0. The molecule has 0 fully saturated rings. The fourth-order valence-electron chi connectivity index (χ4n) is 1.99. The van der Waals surface area contributed by atoms with Gasteiger partial charge in [-0.15, -0.1) is 11.3 Å². The van der Waals surface area contributed by atoms with Gasteiger partial charge in [-0.3, -0.25) is 4.79 Å². The van der Waals surface area contributed by atoms with Crippen LogP contribution in [0.4, 0.5) is 10.1 Å². The fourth-order valence-corrected chi connectivity index (χ4v) is 2.78. The molecule has 0 bridgehead atoms. The number of anilines is 1. The molecule has 2 N–H and O–H groups in total. The lowest BCUT2D eigenvalue weighted by Gasteiger charge is -2.21. The van der Waals surface area contributed by atoms with Gasteiger partial charge in [-0.25, -0.2) is 4.39 Å². The molecule has 1 heterocycles. The van der Waals surface area contributed by atoms with Gasteiger partial charge in [0.15, 0.2) is 11.6 Å². The Bertz CT molecular complexity index is 642. The number of methoxy groups -OCH3 is 1. The Hall–Kier alpha value is -2.08. The largest absolute Gasteiger partial charge is 0.494 e. The predicted octanol–water partition coefficient (Wildman–Crippen LogP) is 3.14. The van der Waals surface area contributed by atoms with Crippen LogP contribution in [-0.4, -0.2) is 24.5 Å². The molecule has 0 saturated heterocycles. The van der Waals surface area contributed by atoms with Crippen LogP contribution in [-0.2, 0) is 6.54 Å². The molecule has 2 aromatic rings. The van der Waals surface area contributed by atoms with Gasteiger partial charge in [0.05, 0.1) is 12.8 Å². The molecule has 0 saturated carbocycles. The lowest BCUT2D eigenvalue weighted by Crippen LogP contribution is -2.30. The van der Waals surface area contributed by atoms with Gasteiger partial charge in [-0.1, -0.05) is 6.07 Å². The van der Waals surface area contributed by atoms with Crippen molar-refractivity contribution in [3.8, 4) is 5.75 Å². The van der Waals surface area contributed by atoms with Crippen molar-refractivity contribution in [2.45, 2.75) is 13.5 Å². The molecular formula is C15H17FN2O2S. The lowest BCUT2D eigenvalue weighted by molar-refractivity contribution is 0.0758. The average molecular weight is 308 g/mol. The van der Waals surface area contributed by atoms with E-state index in [0.717, 1.165) is 0 Å². The standard InChI is InChI=1S/C15H17FN2O2S/c1-3-18(15(19)14-12(17)6-7-21-14)9-10-4-5-13(20-2)11(16)8-10/h4-8H,3,9,17H2,1-2H3. The predicted molar refractivity (Wildman–Crippen MR) is 82.1 cm³/mol. The maximum Gasteiger partial charge on any atom is 0.266 e. The summed E-state index contributed by atoms with van der Waals surface area (Å²) in [5.41, 5.74) is 6.96. The van der Waals surface area contributed by atoms with E-state index in [4.69, 9.17) is 10.5 Å². The topological polar surface area (TPSA) is 55.6 Å². The third-order valence-corrected chi connectivity index (χ3v) is 4.07. The van der Waals surface area contributed by atoms with Crippen LogP contribution in [0.5, 0.6) is 5.75 Å². The van der Waals surface area contributed by atoms with Crippen molar-refractivity contribution < 1.29 is 13.9 Å². The van der Waals surface area contributed by atoms with E-state index in [0.29, 0.717) is 29.2 Å². The third kappa shape index (κ3) is 3.33. The van der Waals surface area contributed by atoms with Gasteiger partial charge in [0.2, 0.25) is 0 Å². The number of halogens is 1. The van der Waals surface area contributed by atoms with E-state index in [1.165, 1.54) is 24.5 Å². The van der Waals surface area contributed by atoms with Crippen LogP contribution in [0, 0.1) is 5.82 Å². The molecular weight excluding hydrogens is 291 g/mol. The van der Waals surface area contributed by atoms with E-state index in [2.05, 4.69) is 0 Å².